The van der Waals surface area contributed by atoms with Crippen LogP contribution in [0.4, 0.5) is 0 Å². The van der Waals surface area contributed by atoms with Crippen molar-refractivity contribution in [2.45, 2.75) is 25.8 Å². The summed E-state index contributed by atoms with van der Waals surface area (Å²) in [5, 5.41) is 9.29. The van der Waals surface area contributed by atoms with Crippen LogP contribution >= 0.6 is 0 Å². The van der Waals surface area contributed by atoms with E-state index in [4.69, 9.17) is 4.74 Å². The summed E-state index contributed by atoms with van der Waals surface area (Å²) in [7, 11) is 0. The first-order chi connectivity index (χ1) is 13.7. The minimum absolute atomic E-state index is 0.121. The molecule has 4 rings (SSSR count). The maximum atomic E-state index is 11.3. The average molecular weight is 379 g/mol. The molecule has 1 aromatic heterocycles. The van der Waals surface area contributed by atoms with Crippen LogP contribution < -0.4 is 4.74 Å². The maximum Gasteiger partial charge on any atom is 0.323 e. The lowest BCUT2D eigenvalue weighted by atomic mass is 10.1. The number of aromatic nitrogens is 2. The molecule has 1 N–H and O–H groups in total. The number of hydrogen-bond acceptors (Lipinski definition) is 4. The summed E-state index contributed by atoms with van der Waals surface area (Å²) < 4.78 is 7.63. The minimum Gasteiger partial charge on any atom is -0.492 e. The second-order valence-corrected chi connectivity index (χ2v) is 7.18. The molecule has 1 aliphatic heterocycles. The molecule has 0 radical (unpaired) electrons. The highest BCUT2D eigenvalue weighted by atomic mass is 16.5. The van der Waals surface area contributed by atoms with Crippen LogP contribution in [0.25, 0.3) is 22.4 Å². The Morgan fingerprint density at radius 1 is 1.04 bits per heavy atom. The van der Waals surface area contributed by atoms with Gasteiger partial charge in [-0.1, -0.05) is 18.6 Å². The number of fused-ring (bicyclic) bond motifs is 1. The molecule has 1 aliphatic rings. The van der Waals surface area contributed by atoms with Crippen molar-refractivity contribution in [3.63, 3.8) is 0 Å². The molecular weight excluding hydrogens is 354 g/mol. The third kappa shape index (κ3) is 4.17. The third-order valence-electron chi connectivity index (χ3n) is 5.19. The van der Waals surface area contributed by atoms with Gasteiger partial charge in [-0.3, -0.25) is 9.69 Å². The third-order valence-corrected chi connectivity index (χ3v) is 5.19. The molecular formula is C22H25N3O3. The Labute approximate surface area is 164 Å². The molecule has 3 aromatic rings. The Morgan fingerprint density at radius 3 is 2.54 bits per heavy atom. The topological polar surface area (TPSA) is 67.6 Å². The van der Waals surface area contributed by atoms with Gasteiger partial charge in [0.25, 0.3) is 0 Å². The van der Waals surface area contributed by atoms with E-state index in [0.29, 0.717) is 12.4 Å². The number of carboxylic acids is 1. The molecule has 0 unspecified atom stereocenters. The predicted molar refractivity (Wildman–Crippen MR) is 109 cm³/mol. The van der Waals surface area contributed by atoms with Crippen LogP contribution in [0.5, 0.6) is 5.75 Å². The van der Waals surface area contributed by atoms with Crippen LogP contribution in [-0.2, 0) is 11.3 Å². The number of rotatable bonds is 7. The van der Waals surface area contributed by atoms with Crippen molar-refractivity contribution in [2.75, 3.05) is 26.2 Å². The van der Waals surface area contributed by atoms with E-state index in [-0.39, 0.29) is 6.54 Å². The van der Waals surface area contributed by atoms with Gasteiger partial charge in [-0.25, -0.2) is 4.98 Å². The number of hydrogen-bond donors (Lipinski definition) is 1. The van der Waals surface area contributed by atoms with Crippen LogP contribution in [0.2, 0.25) is 0 Å². The number of carbonyl (C=O) groups is 1. The quantitative estimate of drug-likeness (QED) is 0.679. The predicted octanol–water partition coefficient (Wildman–Crippen LogP) is 3.65. The van der Waals surface area contributed by atoms with E-state index in [1.165, 1.54) is 32.4 Å². The highest BCUT2D eigenvalue weighted by molar-refractivity contribution is 5.82. The van der Waals surface area contributed by atoms with Gasteiger partial charge in [0.2, 0.25) is 0 Å². The van der Waals surface area contributed by atoms with Gasteiger partial charge in [-0.2, -0.15) is 0 Å². The van der Waals surface area contributed by atoms with E-state index in [0.717, 1.165) is 28.9 Å². The lowest BCUT2D eigenvalue weighted by Crippen LogP contribution is -2.33. The monoisotopic (exact) mass is 379 g/mol. The summed E-state index contributed by atoms with van der Waals surface area (Å²) >= 11 is 0. The van der Waals surface area contributed by atoms with Crippen LogP contribution in [0.3, 0.4) is 0 Å². The van der Waals surface area contributed by atoms with Crippen molar-refractivity contribution in [2.24, 2.45) is 0 Å². The van der Waals surface area contributed by atoms with Crippen LogP contribution in [0.1, 0.15) is 19.3 Å². The second-order valence-electron chi connectivity index (χ2n) is 7.18. The molecule has 6 nitrogen and oxygen atoms in total. The fraction of sp³-hybridized carbons (Fsp3) is 0.364. The summed E-state index contributed by atoms with van der Waals surface area (Å²) in [6.07, 6.45) is 3.91. The number of benzene rings is 2. The summed E-state index contributed by atoms with van der Waals surface area (Å²) in [5.74, 6) is 0.590. The molecule has 2 heterocycles. The molecule has 0 saturated carbocycles. The van der Waals surface area contributed by atoms with Crippen molar-refractivity contribution >= 4 is 17.0 Å². The normalized spacial score (nSPS) is 15.0. The Hall–Kier alpha value is -2.86. The van der Waals surface area contributed by atoms with Crippen LogP contribution in [-0.4, -0.2) is 51.8 Å². The first-order valence-corrected chi connectivity index (χ1v) is 9.83. The Morgan fingerprint density at radius 2 is 1.79 bits per heavy atom. The van der Waals surface area contributed by atoms with Crippen LogP contribution in [0.15, 0.2) is 48.5 Å². The largest absolute Gasteiger partial charge is 0.492 e. The summed E-state index contributed by atoms with van der Waals surface area (Å²) in [5.41, 5.74) is 2.49. The van der Waals surface area contributed by atoms with Gasteiger partial charge in [0.15, 0.2) is 0 Å². The molecule has 146 valence electrons. The van der Waals surface area contributed by atoms with E-state index in [1.807, 2.05) is 48.5 Å². The smallest absolute Gasteiger partial charge is 0.323 e. The van der Waals surface area contributed by atoms with Gasteiger partial charge in [-0.15, -0.1) is 0 Å². The summed E-state index contributed by atoms with van der Waals surface area (Å²) in [6, 6.07) is 15.3. The van der Waals surface area contributed by atoms with Gasteiger partial charge < -0.3 is 14.4 Å². The molecule has 0 aliphatic carbocycles. The first kappa shape index (κ1) is 18.5. The SMILES string of the molecule is O=C(O)Cn1c(-c2ccc(OCCN3CCCCC3)cc2)nc2ccccc21. The minimum atomic E-state index is -0.887. The number of nitrogens with zero attached hydrogens (tertiary/aromatic N) is 3. The second kappa shape index (κ2) is 8.44. The first-order valence-electron chi connectivity index (χ1n) is 9.83. The van der Waals surface area contributed by atoms with Crippen molar-refractivity contribution in [1.82, 2.24) is 14.5 Å². The molecule has 0 spiro atoms. The molecule has 0 atom stereocenters. The highest BCUT2D eigenvalue weighted by Crippen LogP contribution is 2.26. The fourth-order valence-electron chi connectivity index (χ4n) is 3.77. The molecule has 2 aromatic carbocycles. The Balaban J connectivity index is 1.48. The summed E-state index contributed by atoms with van der Waals surface area (Å²) in [4.78, 5) is 18.4. The van der Waals surface area contributed by atoms with Crippen molar-refractivity contribution in [3.8, 4) is 17.1 Å². The number of carboxylic acid groups (broad SMARTS) is 1. The molecule has 6 heteroatoms. The van der Waals surface area contributed by atoms with Crippen molar-refractivity contribution in [1.29, 1.82) is 0 Å². The molecule has 0 bridgehead atoms. The molecule has 28 heavy (non-hydrogen) atoms. The maximum absolute atomic E-state index is 11.3. The fourth-order valence-corrected chi connectivity index (χ4v) is 3.77. The van der Waals surface area contributed by atoms with Gasteiger partial charge in [0, 0.05) is 12.1 Å². The van der Waals surface area contributed by atoms with E-state index in [2.05, 4.69) is 9.88 Å². The van der Waals surface area contributed by atoms with Gasteiger partial charge in [0.05, 0.1) is 11.0 Å². The lowest BCUT2D eigenvalue weighted by Gasteiger charge is -2.26. The zero-order valence-corrected chi connectivity index (χ0v) is 15.9. The van der Waals surface area contributed by atoms with Crippen molar-refractivity contribution in [3.05, 3.63) is 48.5 Å². The molecule has 1 fully saturated rings. The Kier molecular flexibility index (Phi) is 5.58. The number of likely N-dealkylation sites (tertiary alicyclic amines) is 1. The zero-order valence-electron chi connectivity index (χ0n) is 15.9. The lowest BCUT2D eigenvalue weighted by molar-refractivity contribution is -0.137. The highest BCUT2D eigenvalue weighted by Gasteiger charge is 2.15. The molecule has 1 saturated heterocycles. The van der Waals surface area contributed by atoms with E-state index >= 15 is 0 Å². The van der Waals surface area contributed by atoms with Gasteiger partial charge in [0.1, 0.15) is 24.7 Å². The van der Waals surface area contributed by atoms with E-state index < -0.39 is 5.97 Å². The van der Waals surface area contributed by atoms with Gasteiger partial charge >= 0.3 is 5.97 Å². The number of para-hydroxylation sites is 2. The van der Waals surface area contributed by atoms with E-state index in [1.54, 1.807) is 4.57 Å². The number of ether oxygens (including phenoxy) is 1. The average Bonchev–Trinajstić information content (AvgIpc) is 3.07. The molecule has 0 amide bonds. The summed E-state index contributed by atoms with van der Waals surface area (Å²) in [6.45, 7) is 3.85. The number of piperidine rings is 1. The van der Waals surface area contributed by atoms with Crippen molar-refractivity contribution < 1.29 is 14.6 Å². The Bertz CT molecular complexity index is 943. The van der Waals surface area contributed by atoms with Gasteiger partial charge in [-0.05, 0) is 62.3 Å². The number of imidazole rings is 1. The standard InChI is InChI=1S/C22H25N3O3/c26-21(27)16-25-20-7-3-2-6-19(20)23-22(25)17-8-10-18(11-9-17)28-15-14-24-12-4-1-5-13-24/h2-3,6-11H,1,4-5,12-16H2,(H,26,27). The number of aliphatic carboxylic acids is 1. The van der Waals surface area contributed by atoms with Crippen LogP contribution in [0, 0.1) is 0 Å². The zero-order chi connectivity index (χ0) is 19.3. The van der Waals surface area contributed by atoms with E-state index in [9.17, 15) is 9.90 Å².